The summed E-state index contributed by atoms with van der Waals surface area (Å²) in [5, 5.41) is 5.04. The van der Waals surface area contributed by atoms with Crippen molar-refractivity contribution in [2.45, 2.75) is 37.7 Å². The van der Waals surface area contributed by atoms with Crippen LogP contribution in [0.1, 0.15) is 37.7 Å². The number of nitrogens with zero attached hydrogens (tertiary/aromatic N) is 1. The molecular formula is C21H20ClNO2. The first-order chi connectivity index (χ1) is 12.2. The van der Waals surface area contributed by atoms with E-state index in [1.54, 1.807) is 0 Å². The van der Waals surface area contributed by atoms with Gasteiger partial charge >= 0.3 is 0 Å². The third-order valence-electron chi connectivity index (χ3n) is 4.99. The summed E-state index contributed by atoms with van der Waals surface area (Å²) in [4.78, 5) is 5.84. The van der Waals surface area contributed by atoms with Crippen LogP contribution in [0.5, 0.6) is 11.5 Å². The fourth-order valence-corrected chi connectivity index (χ4v) is 3.65. The van der Waals surface area contributed by atoms with Gasteiger partial charge in [-0.15, -0.1) is 0 Å². The lowest BCUT2D eigenvalue weighted by Gasteiger charge is -2.31. The molecule has 2 aliphatic rings. The van der Waals surface area contributed by atoms with E-state index in [1.807, 2.05) is 48.5 Å². The van der Waals surface area contributed by atoms with E-state index in [0.29, 0.717) is 5.02 Å². The lowest BCUT2D eigenvalue weighted by molar-refractivity contribution is -0.0216. The van der Waals surface area contributed by atoms with Crippen molar-refractivity contribution in [2.24, 2.45) is 5.16 Å². The molecule has 1 heterocycles. The third kappa shape index (κ3) is 3.16. The quantitative estimate of drug-likeness (QED) is 0.664. The van der Waals surface area contributed by atoms with Crippen LogP contribution >= 0.6 is 11.6 Å². The monoisotopic (exact) mass is 353 g/mol. The maximum Gasteiger partial charge on any atom is 0.164 e. The second kappa shape index (κ2) is 6.57. The van der Waals surface area contributed by atoms with E-state index in [1.165, 1.54) is 19.3 Å². The number of hydrogen-bond donors (Lipinski definition) is 0. The number of hydrogen-bond acceptors (Lipinski definition) is 3. The molecule has 1 saturated carbocycles. The van der Waals surface area contributed by atoms with Crippen molar-refractivity contribution in [2.75, 3.05) is 0 Å². The van der Waals surface area contributed by atoms with Gasteiger partial charge in [0.25, 0.3) is 0 Å². The first-order valence-corrected chi connectivity index (χ1v) is 9.04. The average Bonchev–Trinajstić information content (AvgIpc) is 2.95. The highest BCUT2D eigenvalue weighted by atomic mass is 35.5. The third-order valence-corrected chi connectivity index (χ3v) is 5.24. The summed E-state index contributed by atoms with van der Waals surface area (Å²) >= 11 is 5.89. The molecule has 1 aliphatic carbocycles. The molecule has 0 N–H and O–H groups in total. The van der Waals surface area contributed by atoms with Crippen molar-refractivity contribution in [3.8, 4) is 11.5 Å². The number of oxime groups is 1. The molecule has 25 heavy (non-hydrogen) atoms. The van der Waals surface area contributed by atoms with Crippen LogP contribution in [0.4, 0.5) is 0 Å². The van der Waals surface area contributed by atoms with Crippen molar-refractivity contribution >= 4 is 17.3 Å². The molecule has 0 bridgehead atoms. The van der Waals surface area contributed by atoms with E-state index in [4.69, 9.17) is 21.2 Å². The lowest BCUT2D eigenvalue weighted by atomic mass is 9.78. The molecule has 2 aromatic carbocycles. The molecule has 0 radical (unpaired) electrons. The first-order valence-electron chi connectivity index (χ1n) is 8.66. The lowest BCUT2D eigenvalue weighted by Crippen LogP contribution is -2.33. The first kappa shape index (κ1) is 16.2. The van der Waals surface area contributed by atoms with Gasteiger partial charge in [-0.2, -0.15) is 0 Å². The Bertz CT molecular complexity index is 803. The van der Waals surface area contributed by atoms with Crippen LogP contribution in [0.15, 0.2) is 65.8 Å². The molecule has 0 atom stereocenters. The molecule has 0 aromatic heterocycles. The normalized spacial score (nSPS) is 18.8. The zero-order valence-electron chi connectivity index (χ0n) is 14.0. The molecule has 0 amide bonds. The number of benzene rings is 2. The van der Waals surface area contributed by atoms with Crippen LogP contribution in [-0.2, 0) is 4.84 Å². The Hall–Kier alpha value is -2.26. The van der Waals surface area contributed by atoms with E-state index >= 15 is 0 Å². The molecule has 0 unspecified atom stereocenters. The number of ether oxygens (including phenoxy) is 1. The van der Waals surface area contributed by atoms with E-state index < -0.39 is 0 Å². The predicted molar refractivity (Wildman–Crippen MR) is 101 cm³/mol. The van der Waals surface area contributed by atoms with Gasteiger partial charge in [-0.25, -0.2) is 0 Å². The van der Waals surface area contributed by atoms with Crippen LogP contribution in [0.25, 0.3) is 0 Å². The molecule has 4 rings (SSSR count). The van der Waals surface area contributed by atoms with Crippen LogP contribution in [0.2, 0.25) is 5.02 Å². The van der Waals surface area contributed by atoms with Crippen LogP contribution in [-0.4, -0.2) is 11.3 Å². The standard InChI is InChI=1S/C21H20ClNO2/c1-15-20(23-25-21(15)13-3-2-4-14-21)16-5-9-18(10-6-16)24-19-11-7-17(22)8-12-19/h5-12H,1-4,13-14H2. The maximum absolute atomic E-state index is 5.89. The fourth-order valence-electron chi connectivity index (χ4n) is 3.52. The second-order valence-electron chi connectivity index (χ2n) is 6.65. The Morgan fingerprint density at radius 3 is 2.16 bits per heavy atom. The zero-order valence-corrected chi connectivity index (χ0v) is 14.8. The van der Waals surface area contributed by atoms with Crippen molar-refractivity contribution in [1.29, 1.82) is 0 Å². The summed E-state index contributed by atoms with van der Waals surface area (Å²) in [5.74, 6) is 1.52. The van der Waals surface area contributed by atoms with Gasteiger partial charge in [0.15, 0.2) is 5.60 Å². The van der Waals surface area contributed by atoms with Gasteiger partial charge in [0.05, 0.1) is 0 Å². The molecule has 1 spiro atoms. The topological polar surface area (TPSA) is 30.8 Å². The summed E-state index contributed by atoms with van der Waals surface area (Å²) in [6.45, 7) is 4.29. The van der Waals surface area contributed by atoms with Gasteiger partial charge in [0.2, 0.25) is 0 Å². The van der Waals surface area contributed by atoms with E-state index in [9.17, 15) is 0 Å². The summed E-state index contributed by atoms with van der Waals surface area (Å²) in [7, 11) is 0. The van der Waals surface area contributed by atoms with Gasteiger partial charge in [-0.05, 0) is 74.2 Å². The summed E-state index contributed by atoms with van der Waals surface area (Å²) in [6, 6.07) is 15.2. The smallest absolute Gasteiger partial charge is 0.164 e. The molecule has 3 nitrogen and oxygen atoms in total. The van der Waals surface area contributed by atoms with Crippen molar-refractivity contribution in [3.63, 3.8) is 0 Å². The van der Waals surface area contributed by atoms with Crippen molar-refractivity contribution < 1.29 is 9.57 Å². The van der Waals surface area contributed by atoms with Crippen LogP contribution in [0, 0.1) is 0 Å². The second-order valence-corrected chi connectivity index (χ2v) is 7.08. The highest BCUT2D eigenvalue weighted by molar-refractivity contribution is 6.30. The number of halogens is 1. The maximum atomic E-state index is 5.89. The van der Waals surface area contributed by atoms with Crippen molar-refractivity contribution in [3.05, 3.63) is 71.3 Å². The van der Waals surface area contributed by atoms with Gasteiger partial charge in [0.1, 0.15) is 17.2 Å². The van der Waals surface area contributed by atoms with Crippen LogP contribution in [0.3, 0.4) is 0 Å². The fraction of sp³-hybridized carbons (Fsp3) is 0.286. The largest absolute Gasteiger partial charge is 0.457 e. The molecule has 4 heteroatoms. The SMILES string of the molecule is C=C1C(c2ccc(Oc3ccc(Cl)cc3)cc2)=NOC12CCCCC2. The van der Waals surface area contributed by atoms with Gasteiger partial charge in [0, 0.05) is 16.2 Å². The van der Waals surface area contributed by atoms with Gasteiger partial charge in [-0.1, -0.05) is 29.8 Å². The number of rotatable bonds is 3. The minimum atomic E-state index is -0.272. The molecule has 1 aliphatic heterocycles. The Kier molecular flexibility index (Phi) is 4.26. The Morgan fingerprint density at radius 2 is 1.52 bits per heavy atom. The minimum Gasteiger partial charge on any atom is -0.457 e. The highest BCUT2D eigenvalue weighted by Crippen LogP contribution is 2.42. The summed E-state index contributed by atoms with van der Waals surface area (Å²) < 4.78 is 5.84. The predicted octanol–water partition coefficient (Wildman–Crippen LogP) is 6.13. The molecule has 2 aromatic rings. The summed E-state index contributed by atoms with van der Waals surface area (Å²) in [5.41, 5.74) is 2.61. The highest BCUT2D eigenvalue weighted by Gasteiger charge is 2.44. The molecule has 128 valence electrons. The van der Waals surface area contributed by atoms with Gasteiger partial charge < -0.3 is 9.57 Å². The Labute approximate surface area is 152 Å². The van der Waals surface area contributed by atoms with E-state index in [-0.39, 0.29) is 5.60 Å². The Morgan fingerprint density at radius 1 is 0.920 bits per heavy atom. The average molecular weight is 354 g/mol. The minimum absolute atomic E-state index is 0.272. The summed E-state index contributed by atoms with van der Waals surface area (Å²) in [6.07, 6.45) is 5.64. The van der Waals surface area contributed by atoms with E-state index in [0.717, 1.165) is 41.2 Å². The zero-order chi connectivity index (χ0) is 17.3. The molecule has 0 saturated heterocycles. The molecule has 1 fully saturated rings. The van der Waals surface area contributed by atoms with Crippen LogP contribution < -0.4 is 4.74 Å². The Balaban J connectivity index is 1.49. The molecular weight excluding hydrogens is 334 g/mol. The van der Waals surface area contributed by atoms with Crippen molar-refractivity contribution in [1.82, 2.24) is 0 Å². The van der Waals surface area contributed by atoms with Gasteiger partial charge in [-0.3, -0.25) is 0 Å². The van der Waals surface area contributed by atoms with E-state index in [2.05, 4.69) is 11.7 Å².